The van der Waals surface area contributed by atoms with Crippen molar-refractivity contribution in [3.05, 3.63) is 42.0 Å². The molecule has 0 radical (unpaired) electrons. The summed E-state index contributed by atoms with van der Waals surface area (Å²) in [5, 5.41) is 11.7. The Balaban J connectivity index is 2.60. The second kappa shape index (κ2) is 8.87. The molecule has 0 aliphatic heterocycles. The van der Waals surface area contributed by atoms with Crippen LogP contribution >= 0.6 is 0 Å². The summed E-state index contributed by atoms with van der Waals surface area (Å²) >= 11 is 0. The molecule has 0 heterocycles. The molecule has 2 atom stereocenters. The molecule has 0 fully saturated rings. The molecule has 0 spiro atoms. The van der Waals surface area contributed by atoms with E-state index in [0.29, 0.717) is 6.42 Å². The van der Waals surface area contributed by atoms with Crippen LogP contribution in [0.15, 0.2) is 36.4 Å². The second-order valence-electron chi connectivity index (χ2n) is 5.16. The molecule has 1 amide bonds. The van der Waals surface area contributed by atoms with E-state index in [1.807, 2.05) is 31.2 Å². The van der Waals surface area contributed by atoms with E-state index in [-0.39, 0.29) is 18.2 Å². The first-order chi connectivity index (χ1) is 10.5. The molecule has 1 aromatic rings. The second-order valence-corrected chi connectivity index (χ2v) is 5.16. The van der Waals surface area contributed by atoms with Crippen LogP contribution in [0.2, 0.25) is 0 Å². The fourth-order valence-electron chi connectivity index (χ4n) is 2.02. The largest absolute Gasteiger partial charge is 0.497 e. The molecule has 0 aromatic heterocycles. The molecule has 5 nitrogen and oxygen atoms in total. The van der Waals surface area contributed by atoms with Gasteiger partial charge >= 0.3 is 5.97 Å². The Kier molecular flexibility index (Phi) is 7.16. The van der Waals surface area contributed by atoms with Crippen LogP contribution < -0.4 is 10.1 Å². The average Bonchev–Trinajstić information content (AvgIpc) is 2.51. The smallest absolute Gasteiger partial charge is 0.326 e. The van der Waals surface area contributed by atoms with Crippen molar-refractivity contribution in [1.82, 2.24) is 5.32 Å². The van der Waals surface area contributed by atoms with Crippen LogP contribution in [0.25, 0.3) is 0 Å². The van der Waals surface area contributed by atoms with Gasteiger partial charge in [0.25, 0.3) is 0 Å². The van der Waals surface area contributed by atoms with Crippen molar-refractivity contribution in [2.24, 2.45) is 5.92 Å². The predicted octanol–water partition coefficient (Wildman–Crippen LogP) is 2.41. The molecule has 0 saturated heterocycles. The van der Waals surface area contributed by atoms with Crippen molar-refractivity contribution in [3.8, 4) is 5.75 Å². The lowest BCUT2D eigenvalue weighted by Crippen LogP contribution is -2.43. The lowest BCUT2D eigenvalue weighted by molar-refractivity contribution is -0.142. The van der Waals surface area contributed by atoms with Gasteiger partial charge in [-0.3, -0.25) is 4.79 Å². The third-order valence-corrected chi connectivity index (χ3v) is 3.37. The number of carboxylic acid groups (broad SMARTS) is 1. The first kappa shape index (κ1) is 17.8. The molecule has 2 N–H and O–H groups in total. The summed E-state index contributed by atoms with van der Waals surface area (Å²) in [7, 11) is 1.60. The minimum absolute atomic E-state index is 0.257. The van der Waals surface area contributed by atoms with Gasteiger partial charge in [0.1, 0.15) is 11.8 Å². The highest BCUT2D eigenvalue weighted by atomic mass is 16.5. The number of benzene rings is 1. The Morgan fingerprint density at radius 2 is 1.95 bits per heavy atom. The van der Waals surface area contributed by atoms with Crippen molar-refractivity contribution >= 4 is 11.9 Å². The van der Waals surface area contributed by atoms with E-state index < -0.39 is 12.0 Å². The van der Waals surface area contributed by atoms with E-state index in [0.717, 1.165) is 11.3 Å². The van der Waals surface area contributed by atoms with E-state index in [4.69, 9.17) is 9.84 Å². The van der Waals surface area contributed by atoms with E-state index in [1.54, 1.807) is 26.2 Å². The highest BCUT2D eigenvalue weighted by Gasteiger charge is 2.22. The third-order valence-electron chi connectivity index (χ3n) is 3.37. The lowest BCUT2D eigenvalue weighted by Gasteiger charge is -2.17. The van der Waals surface area contributed by atoms with Crippen LogP contribution in [0, 0.1) is 5.92 Å². The molecule has 0 aliphatic rings. The highest BCUT2D eigenvalue weighted by molar-refractivity contribution is 5.85. The summed E-state index contributed by atoms with van der Waals surface area (Å²) in [6.07, 6.45) is 4.33. The number of ether oxygens (including phenoxy) is 1. The number of amides is 1. The van der Waals surface area contributed by atoms with Crippen LogP contribution in [0.4, 0.5) is 0 Å². The zero-order valence-corrected chi connectivity index (χ0v) is 13.2. The number of carboxylic acids is 1. The quantitative estimate of drug-likeness (QED) is 0.723. The highest BCUT2D eigenvalue weighted by Crippen LogP contribution is 2.15. The van der Waals surface area contributed by atoms with Gasteiger partial charge < -0.3 is 15.2 Å². The maximum Gasteiger partial charge on any atom is 0.326 e. The van der Waals surface area contributed by atoms with Gasteiger partial charge in [0.15, 0.2) is 0 Å². The standard InChI is InChI=1S/C17H23NO4/c1-4-5-6-15(17(20)21)18-16(19)12(2)11-13-7-9-14(22-3)10-8-13/h4-5,7-10,12,15H,6,11H2,1-3H3,(H,18,19)(H,20,21)/b5-4+. The first-order valence-corrected chi connectivity index (χ1v) is 7.25. The molecular formula is C17H23NO4. The van der Waals surface area contributed by atoms with Crippen molar-refractivity contribution < 1.29 is 19.4 Å². The fraction of sp³-hybridized carbons (Fsp3) is 0.412. The SMILES string of the molecule is C/C=C/CC(NC(=O)C(C)Cc1ccc(OC)cc1)C(=O)O. The molecule has 1 aromatic carbocycles. The Hall–Kier alpha value is -2.30. The van der Waals surface area contributed by atoms with Gasteiger partial charge in [-0.25, -0.2) is 4.79 Å². The molecule has 5 heteroatoms. The minimum Gasteiger partial charge on any atom is -0.497 e. The summed E-state index contributed by atoms with van der Waals surface area (Å²) in [4.78, 5) is 23.3. The number of aliphatic carboxylic acids is 1. The normalized spacial score (nSPS) is 13.6. The van der Waals surface area contributed by atoms with E-state index in [9.17, 15) is 9.59 Å². The maximum atomic E-state index is 12.1. The average molecular weight is 305 g/mol. The Bertz CT molecular complexity index is 522. The molecule has 1 rings (SSSR count). The zero-order chi connectivity index (χ0) is 16.5. The minimum atomic E-state index is -1.02. The Morgan fingerprint density at radius 3 is 2.45 bits per heavy atom. The lowest BCUT2D eigenvalue weighted by atomic mass is 9.99. The summed E-state index contributed by atoms with van der Waals surface area (Å²) in [5.74, 6) is -0.824. The van der Waals surface area contributed by atoms with Gasteiger partial charge in [0, 0.05) is 5.92 Å². The van der Waals surface area contributed by atoms with Crippen LogP contribution in [-0.4, -0.2) is 30.1 Å². The number of carbonyl (C=O) groups is 2. The van der Waals surface area contributed by atoms with Crippen LogP contribution in [0.3, 0.4) is 0 Å². The molecule has 0 bridgehead atoms. The molecule has 2 unspecified atom stereocenters. The zero-order valence-electron chi connectivity index (χ0n) is 13.2. The van der Waals surface area contributed by atoms with Crippen molar-refractivity contribution in [2.45, 2.75) is 32.7 Å². The maximum absolute atomic E-state index is 12.1. The van der Waals surface area contributed by atoms with E-state index >= 15 is 0 Å². The summed E-state index contributed by atoms with van der Waals surface area (Å²) in [5.41, 5.74) is 1.00. The number of hydrogen-bond acceptors (Lipinski definition) is 3. The molecular weight excluding hydrogens is 282 g/mol. The third kappa shape index (κ3) is 5.60. The number of rotatable bonds is 8. The molecule has 120 valence electrons. The van der Waals surface area contributed by atoms with Gasteiger partial charge in [-0.15, -0.1) is 0 Å². The van der Waals surface area contributed by atoms with E-state index in [1.165, 1.54) is 0 Å². The van der Waals surface area contributed by atoms with Gasteiger partial charge in [-0.05, 0) is 37.5 Å². The predicted molar refractivity (Wildman–Crippen MR) is 84.9 cm³/mol. The monoisotopic (exact) mass is 305 g/mol. The summed E-state index contributed by atoms with van der Waals surface area (Å²) < 4.78 is 5.09. The number of methoxy groups -OCH3 is 1. The summed E-state index contributed by atoms with van der Waals surface area (Å²) in [6.45, 7) is 3.60. The van der Waals surface area contributed by atoms with Crippen molar-refractivity contribution in [3.63, 3.8) is 0 Å². The summed E-state index contributed by atoms with van der Waals surface area (Å²) in [6, 6.07) is 6.59. The van der Waals surface area contributed by atoms with Gasteiger partial charge in [-0.1, -0.05) is 31.2 Å². The van der Waals surface area contributed by atoms with Gasteiger partial charge in [0.2, 0.25) is 5.91 Å². The fourth-order valence-corrected chi connectivity index (χ4v) is 2.02. The number of allylic oxidation sites excluding steroid dienone is 1. The van der Waals surface area contributed by atoms with Crippen LogP contribution in [-0.2, 0) is 16.0 Å². The van der Waals surface area contributed by atoms with Crippen molar-refractivity contribution in [2.75, 3.05) is 7.11 Å². The van der Waals surface area contributed by atoms with Gasteiger partial charge in [0.05, 0.1) is 7.11 Å². The van der Waals surface area contributed by atoms with E-state index in [2.05, 4.69) is 5.32 Å². The van der Waals surface area contributed by atoms with Gasteiger partial charge in [-0.2, -0.15) is 0 Å². The van der Waals surface area contributed by atoms with Crippen LogP contribution in [0.1, 0.15) is 25.8 Å². The van der Waals surface area contributed by atoms with Crippen molar-refractivity contribution in [1.29, 1.82) is 0 Å². The molecule has 0 saturated carbocycles. The Morgan fingerprint density at radius 1 is 1.32 bits per heavy atom. The Labute approximate surface area is 131 Å². The van der Waals surface area contributed by atoms with Crippen LogP contribution in [0.5, 0.6) is 5.75 Å². The first-order valence-electron chi connectivity index (χ1n) is 7.25. The number of hydrogen-bond donors (Lipinski definition) is 2. The molecule has 22 heavy (non-hydrogen) atoms. The number of nitrogens with one attached hydrogen (secondary N) is 1. The molecule has 0 aliphatic carbocycles. The topological polar surface area (TPSA) is 75.6 Å². The number of carbonyl (C=O) groups excluding carboxylic acids is 1.